The molecule has 0 aliphatic heterocycles. The van der Waals surface area contributed by atoms with E-state index in [9.17, 15) is 9.90 Å². The van der Waals surface area contributed by atoms with Gasteiger partial charge < -0.3 is 10.4 Å². The molecule has 0 heterocycles. The number of aliphatic carboxylic acids is 1. The van der Waals surface area contributed by atoms with E-state index in [0.29, 0.717) is 11.7 Å². The lowest BCUT2D eigenvalue weighted by Crippen LogP contribution is -2.50. The summed E-state index contributed by atoms with van der Waals surface area (Å²) in [5.74, 6) is -0.704. The standard InChI is InChI=1S/C15H20BrNO2S/c1-2-9-17-15(14(18)19)8-7-13(10-15)20-12-5-3-11(16)4-6-12/h3-6,13,17H,2,7-10H2,1H3,(H,18,19). The molecule has 1 saturated carbocycles. The van der Waals surface area contributed by atoms with Crippen LogP contribution in [0.4, 0.5) is 0 Å². The van der Waals surface area contributed by atoms with Crippen molar-refractivity contribution in [2.75, 3.05) is 6.54 Å². The highest BCUT2D eigenvalue weighted by Gasteiger charge is 2.45. The zero-order valence-electron chi connectivity index (χ0n) is 11.6. The summed E-state index contributed by atoms with van der Waals surface area (Å²) in [6.45, 7) is 2.83. The number of hydrogen-bond donors (Lipinski definition) is 2. The molecule has 0 aromatic heterocycles. The molecule has 3 nitrogen and oxygen atoms in total. The van der Waals surface area contributed by atoms with Crippen molar-refractivity contribution in [2.45, 2.75) is 48.3 Å². The number of carboxylic acid groups (broad SMARTS) is 1. The zero-order chi connectivity index (χ0) is 14.6. The average Bonchev–Trinajstić information content (AvgIpc) is 2.84. The molecule has 2 rings (SSSR count). The molecule has 1 aromatic rings. The van der Waals surface area contributed by atoms with Gasteiger partial charge in [0.2, 0.25) is 0 Å². The fourth-order valence-corrected chi connectivity index (χ4v) is 4.15. The van der Waals surface area contributed by atoms with Crippen molar-refractivity contribution in [3.05, 3.63) is 28.7 Å². The number of benzene rings is 1. The highest BCUT2D eigenvalue weighted by Crippen LogP contribution is 2.40. The van der Waals surface area contributed by atoms with E-state index in [1.54, 1.807) is 11.8 Å². The lowest BCUT2D eigenvalue weighted by molar-refractivity contribution is -0.144. The Morgan fingerprint density at radius 2 is 2.20 bits per heavy atom. The largest absolute Gasteiger partial charge is 0.480 e. The Labute approximate surface area is 132 Å². The minimum absolute atomic E-state index is 0.372. The van der Waals surface area contributed by atoms with Crippen molar-refractivity contribution in [3.8, 4) is 0 Å². The van der Waals surface area contributed by atoms with Gasteiger partial charge in [0.1, 0.15) is 5.54 Å². The molecule has 0 bridgehead atoms. The molecule has 2 N–H and O–H groups in total. The SMILES string of the molecule is CCCNC1(C(=O)O)CCC(Sc2ccc(Br)cc2)C1. The average molecular weight is 358 g/mol. The Hall–Kier alpha value is -0.520. The maximum absolute atomic E-state index is 11.6. The van der Waals surface area contributed by atoms with Gasteiger partial charge in [-0.25, -0.2) is 0 Å². The number of nitrogens with one attached hydrogen (secondary N) is 1. The van der Waals surface area contributed by atoms with Crippen molar-refractivity contribution in [1.82, 2.24) is 5.32 Å². The predicted molar refractivity (Wildman–Crippen MR) is 86.3 cm³/mol. The predicted octanol–water partition coefficient (Wildman–Crippen LogP) is 3.92. The van der Waals surface area contributed by atoms with Gasteiger partial charge in [0.15, 0.2) is 0 Å². The van der Waals surface area contributed by atoms with E-state index in [0.717, 1.165) is 30.3 Å². The van der Waals surface area contributed by atoms with Crippen LogP contribution < -0.4 is 5.32 Å². The maximum Gasteiger partial charge on any atom is 0.323 e. The van der Waals surface area contributed by atoms with Gasteiger partial charge in [0.25, 0.3) is 0 Å². The van der Waals surface area contributed by atoms with E-state index in [1.165, 1.54) is 4.90 Å². The van der Waals surface area contributed by atoms with E-state index in [1.807, 2.05) is 12.1 Å². The Kier molecular flexibility index (Phi) is 5.52. The van der Waals surface area contributed by atoms with E-state index < -0.39 is 11.5 Å². The summed E-state index contributed by atoms with van der Waals surface area (Å²) in [4.78, 5) is 12.8. The van der Waals surface area contributed by atoms with Crippen LogP contribution in [0.1, 0.15) is 32.6 Å². The number of rotatable bonds is 6. The second kappa shape index (κ2) is 6.96. The molecule has 1 fully saturated rings. The van der Waals surface area contributed by atoms with Gasteiger partial charge in [-0.2, -0.15) is 0 Å². The molecule has 1 aliphatic carbocycles. The fraction of sp³-hybridized carbons (Fsp3) is 0.533. The van der Waals surface area contributed by atoms with Crippen LogP contribution in [-0.2, 0) is 4.79 Å². The van der Waals surface area contributed by atoms with E-state index in [2.05, 4.69) is 40.3 Å². The molecule has 5 heteroatoms. The third kappa shape index (κ3) is 3.77. The zero-order valence-corrected chi connectivity index (χ0v) is 14.0. The van der Waals surface area contributed by atoms with Crippen molar-refractivity contribution in [2.24, 2.45) is 0 Å². The lowest BCUT2D eigenvalue weighted by atomic mass is 9.98. The lowest BCUT2D eigenvalue weighted by Gasteiger charge is -2.25. The summed E-state index contributed by atoms with van der Waals surface area (Å²) >= 11 is 5.22. The number of carboxylic acids is 1. The van der Waals surface area contributed by atoms with Crippen LogP contribution >= 0.6 is 27.7 Å². The summed E-state index contributed by atoms with van der Waals surface area (Å²) in [5, 5.41) is 13.2. The Morgan fingerprint density at radius 1 is 1.50 bits per heavy atom. The number of thioether (sulfide) groups is 1. The smallest absolute Gasteiger partial charge is 0.323 e. The normalized spacial score (nSPS) is 25.8. The highest BCUT2D eigenvalue weighted by atomic mass is 79.9. The number of hydrogen-bond acceptors (Lipinski definition) is 3. The third-order valence-electron chi connectivity index (χ3n) is 3.71. The molecule has 1 aromatic carbocycles. The van der Waals surface area contributed by atoms with Gasteiger partial charge in [-0.3, -0.25) is 4.79 Å². The number of carbonyl (C=O) groups is 1. The summed E-state index contributed by atoms with van der Waals surface area (Å²) < 4.78 is 1.07. The first-order valence-corrected chi connectivity index (χ1v) is 8.63. The van der Waals surface area contributed by atoms with Gasteiger partial charge in [-0.1, -0.05) is 22.9 Å². The molecule has 2 unspecified atom stereocenters. The summed E-state index contributed by atoms with van der Waals surface area (Å²) in [5.41, 5.74) is -0.719. The van der Waals surface area contributed by atoms with Crippen LogP contribution in [0.3, 0.4) is 0 Å². The molecule has 0 spiro atoms. The van der Waals surface area contributed by atoms with Gasteiger partial charge in [-0.05, 0) is 56.5 Å². The van der Waals surface area contributed by atoms with Gasteiger partial charge in [0.05, 0.1) is 0 Å². The molecular weight excluding hydrogens is 338 g/mol. The summed E-state index contributed by atoms with van der Waals surface area (Å²) in [6.07, 6.45) is 3.32. The molecule has 0 saturated heterocycles. The first kappa shape index (κ1) is 15.9. The van der Waals surface area contributed by atoms with Crippen molar-refractivity contribution in [1.29, 1.82) is 0 Å². The molecular formula is C15H20BrNO2S. The van der Waals surface area contributed by atoms with Crippen LogP contribution in [-0.4, -0.2) is 28.4 Å². The second-order valence-electron chi connectivity index (χ2n) is 5.25. The van der Waals surface area contributed by atoms with E-state index in [-0.39, 0.29) is 0 Å². The minimum Gasteiger partial charge on any atom is -0.480 e. The second-order valence-corrected chi connectivity index (χ2v) is 7.54. The molecule has 1 aliphatic rings. The summed E-state index contributed by atoms with van der Waals surface area (Å²) in [6, 6.07) is 8.21. The molecule has 110 valence electrons. The van der Waals surface area contributed by atoms with Crippen molar-refractivity contribution in [3.63, 3.8) is 0 Å². The minimum atomic E-state index is -0.719. The van der Waals surface area contributed by atoms with E-state index in [4.69, 9.17) is 0 Å². The molecule has 0 radical (unpaired) electrons. The Balaban J connectivity index is 1.99. The first-order chi connectivity index (χ1) is 9.55. The van der Waals surface area contributed by atoms with Crippen LogP contribution in [0.15, 0.2) is 33.6 Å². The van der Waals surface area contributed by atoms with Gasteiger partial charge in [0, 0.05) is 14.6 Å². The van der Waals surface area contributed by atoms with Crippen LogP contribution in [0, 0.1) is 0 Å². The van der Waals surface area contributed by atoms with Crippen LogP contribution in [0.2, 0.25) is 0 Å². The van der Waals surface area contributed by atoms with Crippen molar-refractivity contribution < 1.29 is 9.90 Å². The van der Waals surface area contributed by atoms with Gasteiger partial charge in [-0.15, -0.1) is 11.8 Å². The fourth-order valence-electron chi connectivity index (χ4n) is 2.60. The monoisotopic (exact) mass is 357 g/mol. The molecule has 20 heavy (non-hydrogen) atoms. The van der Waals surface area contributed by atoms with E-state index >= 15 is 0 Å². The summed E-state index contributed by atoms with van der Waals surface area (Å²) in [7, 11) is 0. The first-order valence-electron chi connectivity index (χ1n) is 6.96. The number of halogens is 1. The third-order valence-corrected chi connectivity index (χ3v) is 5.52. The van der Waals surface area contributed by atoms with Crippen LogP contribution in [0.25, 0.3) is 0 Å². The van der Waals surface area contributed by atoms with Crippen molar-refractivity contribution >= 4 is 33.7 Å². The quantitative estimate of drug-likeness (QED) is 0.809. The van der Waals surface area contributed by atoms with Gasteiger partial charge >= 0.3 is 5.97 Å². The van der Waals surface area contributed by atoms with Crippen LogP contribution in [0.5, 0.6) is 0 Å². The highest BCUT2D eigenvalue weighted by molar-refractivity contribution is 9.10. The maximum atomic E-state index is 11.6. The Morgan fingerprint density at radius 3 is 2.80 bits per heavy atom. The topological polar surface area (TPSA) is 49.3 Å². The Bertz CT molecular complexity index is 465. The molecule has 0 amide bonds. The molecule has 2 atom stereocenters.